The van der Waals surface area contributed by atoms with Crippen molar-refractivity contribution in [1.29, 1.82) is 0 Å². The molecule has 1 saturated carbocycles. The van der Waals surface area contributed by atoms with Crippen molar-refractivity contribution in [1.82, 2.24) is 0 Å². The van der Waals surface area contributed by atoms with E-state index in [9.17, 15) is 0 Å². The molecule has 0 N–H and O–H groups in total. The summed E-state index contributed by atoms with van der Waals surface area (Å²) < 4.78 is 0. The van der Waals surface area contributed by atoms with Crippen LogP contribution in [0.5, 0.6) is 0 Å². The molecule has 0 aromatic rings. The Kier molecular flexibility index (Phi) is 6.20. The lowest BCUT2D eigenvalue weighted by molar-refractivity contribution is -0.00000178. The minimum absolute atomic E-state index is 0. The lowest BCUT2D eigenvalue weighted by Gasteiger charge is -1.74. The molecule has 2 atom stereocenters. The largest absolute Gasteiger partial charge is 1.00 e. The highest BCUT2D eigenvalue weighted by Gasteiger charge is 2.64. The van der Waals surface area contributed by atoms with E-state index >= 15 is 0 Å². The molecule has 0 amide bonds. The molecule has 0 aromatic heterocycles. The number of hydrogen-bond acceptors (Lipinski definition) is 3. The van der Waals surface area contributed by atoms with Gasteiger partial charge in [-0.05, 0) is 12.5 Å². The Morgan fingerprint density at radius 2 is 1.40 bits per heavy atom. The van der Waals surface area contributed by atoms with Gasteiger partial charge < -0.3 is 24.0 Å². The zero-order chi connectivity index (χ0) is 6.85. The second kappa shape index (κ2) is 5.32. The smallest absolute Gasteiger partial charge is 0.213 e. The minimum atomic E-state index is 0. The van der Waals surface area contributed by atoms with E-state index in [0.717, 1.165) is 10.5 Å². The van der Waals surface area contributed by atoms with Crippen LogP contribution in [-0.4, -0.2) is 29.3 Å². The van der Waals surface area contributed by atoms with Crippen molar-refractivity contribution in [3.63, 3.8) is 0 Å². The zero-order valence-electron chi connectivity index (χ0n) is 6.26. The highest BCUT2D eigenvalue weighted by atomic mass is 127. The second-order valence-corrected chi connectivity index (χ2v) is 4.76. The van der Waals surface area contributed by atoms with Crippen LogP contribution in [0.3, 0.4) is 0 Å². The number of halogens is 1. The molecular weight excluding hydrogens is 295 g/mol. The van der Waals surface area contributed by atoms with E-state index in [-0.39, 0.29) is 24.0 Å². The second-order valence-electron chi connectivity index (χ2n) is 1.92. The van der Waals surface area contributed by atoms with Gasteiger partial charge in [0, 0.05) is 6.26 Å². The van der Waals surface area contributed by atoms with Gasteiger partial charge in [0.2, 0.25) is 10.5 Å². The van der Waals surface area contributed by atoms with Crippen LogP contribution in [0.15, 0.2) is 0 Å². The number of hydrogen-bond donors (Lipinski definition) is 0. The molecule has 0 spiro atoms. The zero-order valence-corrected chi connectivity index (χ0v) is 10.9. The third-order valence-electron chi connectivity index (χ3n) is 1.47. The molecule has 0 radical (unpaired) electrons. The molecule has 0 heterocycles. The highest BCUT2D eigenvalue weighted by Crippen LogP contribution is 2.55. The molecule has 0 bridgehead atoms. The van der Waals surface area contributed by atoms with Gasteiger partial charge in [-0.2, -0.15) is 0 Å². The van der Waals surface area contributed by atoms with E-state index < -0.39 is 0 Å². The molecular formula is C6H11IS3. The average molecular weight is 306 g/mol. The van der Waals surface area contributed by atoms with E-state index in [1.807, 2.05) is 35.3 Å². The lowest BCUT2D eigenvalue weighted by atomic mass is 11.0. The molecule has 1 rings (SSSR count). The highest BCUT2D eigenvalue weighted by molar-refractivity contribution is 8.10. The third kappa shape index (κ3) is 2.32. The van der Waals surface area contributed by atoms with Gasteiger partial charge >= 0.3 is 0 Å². The molecule has 0 saturated heterocycles. The van der Waals surface area contributed by atoms with Gasteiger partial charge in [0.05, 0.1) is 11.8 Å². The van der Waals surface area contributed by atoms with Crippen molar-refractivity contribution < 1.29 is 24.0 Å². The van der Waals surface area contributed by atoms with E-state index in [0.29, 0.717) is 0 Å². The fourth-order valence-corrected chi connectivity index (χ4v) is 5.04. The first kappa shape index (κ1) is 11.6. The van der Waals surface area contributed by atoms with Crippen molar-refractivity contribution in [2.45, 2.75) is 10.5 Å². The van der Waals surface area contributed by atoms with Gasteiger partial charge in [0.15, 0.2) is 5.25 Å². The molecule has 60 valence electrons. The summed E-state index contributed by atoms with van der Waals surface area (Å²) in [6.07, 6.45) is 6.56. The summed E-state index contributed by atoms with van der Waals surface area (Å²) in [5, 5.41) is 3.39. The Morgan fingerprint density at radius 3 is 1.50 bits per heavy atom. The monoisotopic (exact) mass is 306 g/mol. The topological polar surface area (TPSA) is 0 Å². The van der Waals surface area contributed by atoms with Crippen molar-refractivity contribution in [3.8, 4) is 0 Å². The number of thioether (sulfide) groups is 3. The van der Waals surface area contributed by atoms with Crippen LogP contribution in [-0.2, 0) is 0 Å². The fourth-order valence-electron chi connectivity index (χ4n) is 0.908. The number of rotatable bonds is 3. The summed E-state index contributed by atoms with van der Waals surface area (Å²) in [7, 11) is 0. The van der Waals surface area contributed by atoms with E-state index in [4.69, 9.17) is 0 Å². The molecule has 1 fully saturated rings. The first-order valence-corrected chi connectivity index (χ1v) is 6.61. The molecule has 0 aliphatic heterocycles. The summed E-state index contributed by atoms with van der Waals surface area (Å²) in [5.41, 5.74) is 0. The third-order valence-corrected chi connectivity index (χ3v) is 4.99. The molecule has 0 nitrogen and oxygen atoms in total. The average Bonchev–Trinajstić information content (AvgIpc) is 2.59. The van der Waals surface area contributed by atoms with Crippen molar-refractivity contribution >= 4 is 35.3 Å². The lowest BCUT2D eigenvalue weighted by Crippen LogP contribution is -3.00. The van der Waals surface area contributed by atoms with Crippen molar-refractivity contribution in [2.75, 3.05) is 18.8 Å². The maximum absolute atomic E-state index is 2.19. The summed E-state index contributed by atoms with van der Waals surface area (Å²) in [5.74, 6) is 0. The maximum atomic E-state index is 2.19. The van der Waals surface area contributed by atoms with Crippen LogP contribution in [0.25, 0.3) is 0 Å². The van der Waals surface area contributed by atoms with Crippen molar-refractivity contribution in [3.05, 3.63) is 5.25 Å². The van der Waals surface area contributed by atoms with Crippen LogP contribution in [0.4, 0.5) is 0 Å². The van der Waals surface area contributed by atoms with Crippen LogP contribution >= 0.6 is 35.3 Å². The fraction of sp³-hybridized carbons (Fsp3) is 0.833. The van der Waals surface area contributed by atoms with Gasteiger partial charge in [0.1, 0.15) is 0 Å². The molecule has 1 aliphatic carbocycles. The SMILES string of the molecule is CS[C+]1C(SC)C1SC.[I-]. The van der Waals surface area contributed by atoms with E-state index in [1.165, 1.54) is 0 Å². The van der Waals surface area contributed by atoms with Crippen LogP contribution < -0.4 is 24.0 Å². The first-order valence-electron chi connectivity index (χ1n) is 2.81. The van der Waals surface area contributed by atoms with Gasteiger partial charge in [-0.25, -0.2) is 0 Å². The van der Waals surface area contributed by atoms with E-state index in [2.05, 4.69) is 18.8 Å². The van der Waals surface area contributed by atoms with Gasteiger partial charge in [-0.3, -0.25) is 0 Å². The molecule has 4 heteroatoms. The Balaban J connectivity index is 0.000000810. The van der Waals surface area contributed by atoms with Gasteiger partial charge in [0.25, 0.3) is 0 Å². The first-order chi connectivity index (χ1) is 4.35. The normalized spacial score (nSPS) is 29.7. The summed E-state index contributed by atoms with van der Waals surface area (Å²) in [6.45, 7) is 0. The summed E-state index contributed by atoms with van der Waals surface area (Å²) in [6, 6.07) is 0. The van der Waals surface area contributed by atoms with Crippen LogP contribution in [0.2, 0.25) is 0 Å². The summed E-state index contributed by atoms with van der Waals surface area (Å²) >= 11 is 5.89. The molecule has 0 aromatic carbocycles. The molecule has 1 aliphatic rings. The summed E-state index contributed by atoms with van der Waals surface area (Å²) in [4.78, 5) is 0. The van der Waals surface area contributed by atoms with Gasteiger partial charge in [-0.15, -0.1) is 23.5 Å². The van der Waals surface area contributed by atoms with Crippen LogP contribution in [0, 0.1) is 5.25 Å². The quantitative estimate of drug-likeness (QED) is 0.503. The van der Waals surface area contributed by atoms with Crippen LogP contribution in [0.1, 0.15) is 0 Å². The van der Waals surface area contributed by atoms with E-state index in [1.54, 1.807) is 5.25 Å². The molecule has 2 unspecified atom stereocenters. The minimum Gasteiger partial charge on any atom is -1.00 e. The Labute approximate surface area is 93.1 Å². The molecule has 10 heavy (non-hydrogen) atoms. The predicted molar refractivity (Wildman–Crippen MR) is 51.4 cm³/mol. The Morgan fingerprint density at radius 1 is 1.00 bits per heavy atom. The van der Waals surface area contributed by atoms with Crippen molar-refractivity contribution in [2.24, 2.45) is 0 Å². The predicted octanol–water partition coefficient (Wildman–Crippen LogP) is -0.638. The van der Waals surface area contributed by atoms with Gasteiger partial charge in [-0.1, -0.05) is 0 Å². The standard InChI is InChI=1S/C6H11S3.HI/c1-7-4-5(8-2)6(4)9-3;/h4-5H,1-3H3;1H/q+1;/p-1. The Bertz CT molecular complexity index is 74.0. The maximum Gasteiger partial charge on any atom is 0.213 e. The Hall–Kier alpha value is 1.65.